The lowest BCUT2D eigenvalue weighted by atomic mass is 9.77. The summed E-state index contributed by atoms with van der Waals surface area (Å²) >= 11 is 0. The molecule has 4 nitrogen and oxygen atoms in total. The molecular weight excluding hydrogens is 303 g/mol. The van der Waals surface area contributed by atoms with Gasteiger partial charge in [-0.2, -0.15) is 0 Å². The highest BCUT2D eigenvalue weighted by atomic mass is 16.7. The van der Waals surface area contributed by atoms with Crippen molar-refractivity contribution in [3.05, 3.63) is 47.4 Å². The first-order chi connectivity index (χ1) is 11.2. The maximum atomic E-state index is 10.5. The molecule has 24 heavy (non-hydrogen) atoms. The number of hydrogen-bond acceptors (Lipinski definition) is 4. The molecule has 5 heteroatoms. The number of rotatable bonds is 3. The van der Waals surface area contributed by atoms with Crippen molar-refractivity contribution in [3.8, 4) is 5.75 Å². The van der Waals surface area contributed by atoms with Gasteiger partial charge in [-0.15, -0.1) is 0 Å². The van der Waals surface area contributed by atoms with Crippen LogP contribution >= 0.6 is 0 Å². The minimum absolute atomic E-state index is 0.190. The van der Waals surface area contributed by atoms with Crippen molar-refractivity contribution in [3.63, 3.8) is 0 Å². The standard InChI is InChI=1S/C19H23BO4/c1-18(2)19(3,4)24-20(23-18)15(12-21)11-14-10-9-13-7-5-6-8-16(13)17(14)22/h5-11,21-22H,12H2,1-4H3. The summed E-state index contributed by atoms with van der Waals surface area (Å²) in [6.45, 7) is 7.67. The zero-order valence-corrected chi connectivity index (χ0v) is 14.5. The number of aliphatic hydroxyl groups is 1. The van der Waals surface area contributed by atoms with Crippen molar-refractivity contribution in [1.29, 1.82) is 0 Å². The predicted octanol–water partition coefficient (Wildman–Crippen LogP) is 3.55. The molecule has 1 fully saturated rings. The van der Waals surface area contributed by atoms with Crippen molar-refractivity contribution in [2.45, 2.75) is 38.9 Å². The largest absolute Gasteiger partial charge is 0.507 e. The van der Waals surface area contributed by atoms with Crippen LogP contribution in [-0.2, 0) is 9.31 Å². The van der Waals surface area contributed by atoms with Crippen LogP contribution in [0.2, 0.25) is 0 Å². The summed E-state index contributed by atoms with van der Waals surface area (Å²) in [6, 6.07) is 11.4. The molecule has 1 aliphatic rings. The van der Waals surface area contributed by atoms with Gasteiger partial charge in [-0.3, -0.25) is 0 Å². The summed E-state index contributed by atoms with van der Waals surface area (Å²) in [4.78, 5) is 0. The molecule has 2 aromatic rings. The zero-order valence-electron chi connectivity index (χ0n) is 14.5. The second-order valence-corrected chi connectivity index (χ2v) is 7.19. The van der Waals surface area contributed by atoms with E-state index in [2.05, 4.69) is 0 Å². The maximum Gasteiger partial charge on any atom is 0.492 e. The van der Waals surface area contributed by atoms with Crippen molar-refractivity contribution >= 4 is 24.0 Å². The number of benzene rings is 2. The number of hydrogen-bond donors (Lipinski definition) is 2. The SMILES string of the molecule is CC1(C)OB(C(=Cc2ccc3ccccc3c2O)CO)OC1(C)C. The van der Waals surface area contributed by atoms with E-state index in [-0.39, 0.29) is 12.4 Å². The predicted molar refractivity (Wildman–Crippen MR) is 96.8 cm³/mol. The van der Waals surface area contributed by atoms with Gasteiger partial charge in [0.1, 0.15) is 5.75 Å². The Morgan fingerprint density at radius 2 is 1.67 bits per heavy atom. The summed E-state index contributed by atoms with van der Waals surface area (Å²) in [6.07, 6.45) is 1.74. The average Bonchev–Trinajstić information content (AvgIpc) is 2.75. The quantitative estimate of drug-likeness (QED) is 0.847. The van der Waals surface area contributed by atoms with Crippen LogP contribution in [0, 0.1) is 0 Å². The van der Waals surface area contributed by atoms with Gasteiger partial charge in [0, 0.05) is 10.9 Å². The summed E-state index contributed by atoms with van der Waals surface area (Å²) in [7, 11) is -0.633. The fourth-order valence-electron chi connectivity index (χ4n) is 2.77. The third-order valence-electron chi connectivity index (χ3n) is 5.01. The highest BCUT2D eigenvalue weighted by molar-refractivity contribution is 6.55. The summed E-state index contributed by atoms with van der Waals surface area (Å²) < 4.78 is 12.0. The van der Waals surface area contributed by atoms with Crippen LogP contribution in [0.25, 0.3) is 16.8 Å². The Balaban J connectivity index is 1.99. The van der Waals surface area contributed by atoms with E-state index in [1.807, 2.05) is 64.1 Å². The first kappa shape index (κ1) is 17.0. The van der Waals surface area contributed by atoms with Gasteiger partial charge in [0.25, 0.3) is 0 Å². The summed E-state index contributed by atoms with van der Waals surface area (Å²) in [5.74, 6) is 0.190. The first-order valence-corrected chi connectivity index (χ1v) is 8.13. The Morgan fingerprint density at radius 1 is 1.04 bits per heavy atom. The maximum absolute atomic E-state index is 10.5. The molecule has 0 bridgehead atoms. The summed E-state index contributed by atoms with van der Waals surface area (Å²) in [5.41, 5.74) is 0.265. The molecule has 0 aliphatic carbocycles. The van der Waals surface area contributed by atoms with E-state index in [0.29, 0.717) is 11.0 Å². The highest BCUT2D eigenvalue weighted by Gasteiger charge is 2.52. The third-order valence-corrected chi connectivity index (χ3v) is 5.01. The Hall–Kier alpha value is -1.82. The molecule has 1 heterocycles. The fraction of sp³-hybridized carbons (Fsp3) is 0.368. The molecule has 0 saturated carbocycles. The van der Waals surface area contributed by atoms with Crippen molar-refractivity contribution in [1.82, 2.24) is 0 Å². The normalized spacial score (nSPS) is 19.9. The van der Waals surface area contributed by atoms with Gasteiger partial charge in [0.15, 0.2) is 0 Å². The molecule has 0 amide bonds. The van der Waals surface area contributed by atoms with Gasteiger partial charge < -0.3 is 19.5 Å². The molecule has 0 radical (unpaired) electrons. The molecule has 1 aliphatic heterocycles. The molecule has 2 aromatic carbocycles. The monoisotopic (exact) mass is 326 g/mol. The van der Waals surface area contributed by atoms with Crippen LogP contribution in [0.15, 0.2) is 41.9 Å². The van der Waals surface area contributed by atoms with Gasteiger partial charge in [-0.25, -0.2) is 0 Å². The highest BCUT2D eigenvalue weighted by Crippen LogP contribution is 2.39. The second-order valence-electron chi connectivity index (χ2n) is 7.19. The summed E-state index contributed by atoms with van der Waals surface area (Å²) in [5, 5.41) is 22.1. The number of phenols is 1. The van der Waals surface area contributed by atoms with E-state index in [1.165, 1.54) is 0 Å². The fourth-order valence-corrected chi connectivity index (χ4v) is 2.77. The van der Waals surface area contributed by atoms with E-state index in [4.69, 9.17) is 9.31 Å². The van der Waals surface area contributed by atoms with Gasteiger partial charge in [-0.1, -0.05) is 42.5 Å². The molecule has 126 valence electrons. The van der Waals surface area contributed by atoms with Crippen LogP contribution in [-0.4, -0.2) is 35.1 Å². The van der Waals surface area contributed by atoms with E-state index in [0.717, 1.165) is 10.8 Å². The molecule has 0 aromatic heterocycles. The molecule has 0 atom stereocenters. The lowest BCUT2D eigenvalue weighted by Gasteiger charge is -2.32. The van der Waals surface area contributed by atoms with E-state index < -0.39 is 18.3 Å². The zero-order chi connectivity index (χ0) is 17.5. The van der Waals surface area contributed by atoms with Crippen LogP contribution in [0.3, 0.4) is 0 Å². The molecule has 0 spiro atoms. The Kier molecular flexibility index (Phi) is 4.20. The molecule has 3 rings (SSSR count). The molecule has 1 saturated heterocycles. The number of aromatic hydroxyl groups is 1. The van der Waals surface area contributed by atoms with Crippen LogP contribution < -0.4 is 0 Å². The van der Waals surface area contributed by atoms with Crippen LogP contribution in [0.1, 0.15) is 33.3 Å². The van der Waals surface area contributed by atoms with Crippen molar-refractivity contribution < 1.29 is 19.5 Å². The second kappa shape index (κ2) is 5.92. The first-order valence-electron chi connectivity index (χ1n) is 8.13. The van der Waals surface area contributed by atoms with Crippen molar-refractivity contribution in [2.24, 2.45) is 0 Å². The minimum Gasteiger partial charge on any atom is -0.507 e. The van der Waals surface area contributed by atoms with Gasteiger partial charge in [-0.05, 0) is 38.6 Å². The van der Waals surface area contributed by atoms with Crippen LogP contribution in [0.5, 0.6) is 5.75 Å². The topological polar surface area (TPSA) is 58.9 Å². The van der Waals surface area contributed by atoms with E-state index in [1.54, 1.807) is 6.08 Å². The Labute approximate surface area is 142 Å². The third kappa shape index (κ3) is 2.84. The Morgan fingerprint density at radius 3 is 2.29 bits per heavy atom. The average molecular weight is 326 g/mol. The molecular formula is C19H23BO4. The van der Waals surface area contributed by atoms with E-state index in [9.17, 15) is 10.2 Å². The van der Waals surface area contributed by atoms with Crippen LogP contribution in [0.4, 0.5) is 0 Å². The minimum atomic E-state index is -0.633. The van der Waals surface area contributed by atoms with Gasteiger partial charge in [0.2, 0.25) is 0 Å². The smallest absolute Gasteiger partial charge is 0.492 e. The van der Waals surface area contributed by atoms with Gasteiger partial charge >= 0.3 is 7.12 Å². The number of fused-ring (bicyclic) bond motifs is 1. The number of phenolic OH excluding ortho intramolecular Hbond substituents is 1. The van der Waals surface area contributed by atoms with Gasteiger partial charge in [0.05, 0.1) is 17.8 Å². The van der Waals surface area contributed by atoms with E-state index >= 15 is 0 Å². The van der Waals surface area contributed by atoms with Crippen molar-refractivity contribution in [2.75, 3.05) is 6.61 Å². The molecule has 0 unspecified atom stereocenters. The lowest BCUT2D eigenvalue weighted by Crippen LogP contribution is -2.41. The molecule has 2 N–H and O–H groups in total. The lowest BCUT2D eigenvalue weighted by molar-refractivity contribution is 0.00578. The number of aliphatic hydroxyl groups excluding tert-OH is 1. The Bertz CT molecular complexity index is 779.